The van der Waals surface area contributed by atoms with Crippen molar-refractivity contribution in [2.24, 2.45) is 5.92 Å². The Hall–Kier alpha value is -3.76. The Balaban J connectivity index is 1.03. The van der Waals surface area contributed by atoms with Gasteiger partial charge < -0.3 is 24.8 Å². The molecule has 4 aromatic heterocycles. The molecule has 4 aromatic rings. The molecule has 1 saturated heterocycles. The van der Waals surface area contributed by atoms with Crippen molar-refractivity contribution in [1.82, 2.24) is 29.2 Å². The van der Waals surface area contributed by atoms with Crippen LogP contribution in [0.1, 0.15) is 48.0 Å². The summed E-state index contributed by atoms with van der Waals surface area (Å²) in [6.45, 7) is 4.64. The van der Waals surface area contributed by atoms with Crippen molar-refractivity contribution >= 4 is 40.5 Å². The van der Waals surface area contributed by atoms with E-state index >= 15 is 0 Å². The number of carbonyl (C=O) groups is 1. The minimum absolute atomic E-state index is 0.0697. The smallest absolute Gasteiger partial charge is 0.229 e. The number of anilines is 3. The van der Waals surface area contributed by atoms with Crippen molar-refractivity contribution in [3.63, 3.8) is 0 Å². The Kier molecular flexibility index (Phi) is 6.51. The van der Waals surface area contributed by atoms with Gasteiger partial charge in [-0.05, 0) is 56.0 Å². The number of imidazole rings is 1. The fraction of sp³-hybridized carbons (Fsp3) is 0.414. The van der Waals surface area contributed by atoms with Crippen molar-refractivity contribution in [3.05, 3.63) is 71.2 Å². The van der Waals surface area contributed by atoms with Gasteiger partial charge in [0, 0.05) is 73.4 Å². The zero-order chi connectivity index (χ0) is 27.2. The predicted molar refractivity (Wildman–Crippen MR) is 155 cm³/mol. The summed E-state index contributed by atoms with van der Waals surface area (Å²) in [5.41, 5.74) is 5.41. The van der Waals surface area contributed by atoms with Crippen molar-refractivity contribution in [3.8, 4) is 0 Å². The predicted octanol–water partition coefficient (Wildman–Crippen LogP) is 4.16. The van der Waals surface area contributed by atoms with Crippen LogP contribution in [-0.4, -0.2) is 68.4 Å². The number of piperazine rings is 1. The van der Waals surface area contributed by atoms with Crippen LogP contribution < -0.4 is 15.5 Å². The number of hydrogen-bond donors (Lipinski definition) is 2. The van der Waals surface area contributed by atoms with Crippen molar-refractivity contribution in [1.29, 1.82) is 0 Å². The van der Waals surface area contributed by atoms with Crippen LogP contribution in [0.3, 0.4) is 0 Å². The van der Waals surface area contributed by atoms with E-state index in [2.05, 4.69) is 65.3 Å². The van der Waals surface area contributed by atoms with Gasteiger partial charge in [0.2, 0.25) is 5.91 Å². The molecule has 2 N–H and O–H groups in total. The van der Waals surface area contributed by atoms with E-state index in [9.17, 15) is 4.79 Å². The van der Waals surface area contributed by atoms with E-state index in [1.165, 1.54) is 30.4 Å². The highest BCUT2D eigenvalue weighted by atomic mass is 35.5. The van der Waals surface area contributed by atoms with Gasteiger partial charge >= 0.3 is 0 Å². The van der Waals surface area contributed by atoms with Crippen LogP contribution in [-0.2, 0) is 11.3 Å². The van der Waals surface area contributed by atoms with Crippen molar-refractivity contribution in [2.75, 3.05) is 48.8 Å². The van der Waals surface area contributed by atoms with Gasteiger partial charge in [-0.25, -0.2) is 15.0 Å². The Morgan fingerprint density at radius 3 is 2.67 bits per heavy atom. The second-order valence-electron chi connectivity index (χ2n) is 11.2. The second kappa shape index (κ2) is 10.3. The average molecular weight is 558 g/mol. The zero-order valence-electron chi connectivity index (χ0n) is 22.4. The molecule has 2 saturated carbocycles. The van der Waals surface area contributed by atoms with Gasteiger partial charge in [-0.1, -0.05) is 11.6 Å². The van der Waals surface area contributed by atoms with Crippen LogP contribution in [0.15, 0.2) is 49.2 Å². The molecule has 3 fully saturated rings. The number of halogens is 1. The molecular weight excluding hydrogens is 526 g/mol. The van der Waals surface area contributed by atoms with Gasteiger partial charge in [0.25, 0.3) is 0 Å². The normalized spacial score (nSPS) is 21.0. The molecule has 5 heterocycles. The average Bonchev–Trinajstić information content (AvgIpc) is 3.88. The first kappa shape index (κ1) is 25.2. The summed E-state index contributed by atoms with van der Waals surface area (Å²) in [5, 5.41) is 6.91. The molecule has 2 atom stereocenters. The Morgan fingerprint density at radius 1 is 1.05 bits per heavy atom. The molecule has 11 heteroatoms. The lowest BCUT2D eigenvalue weighted by Gasteiger charge is -2.34. The van der Waals surface area contributed by atoms with Gasteiger partial charge in [-0.2, -0.15) is 0 Å². The molecule has 0 radical (unpaired) electrons. The first-order chi connectivity index (χ1) is 19.5. The SMILES string of the molecule is CN1CCN(c2cc(C3CC3)cn3cc(CNc4cc(NC(=O)[C@H]5C[C@@H]5c5cc(Cl)ccn5)ncn4)nc23)CC1. The third-order valence-electron chi connectivity index (χ3n) is 8.11. The summed E-state index contributed by atoms with van der Waals surface area (Å²) in [5.74, 6) is 1.65. The fourth-order valence-electron chi connectivity index (χ4n) is 5.52. The van der Waals surface area contributed by atoms with E-state index < -0.39 is 0 Å². The van der Waals surface area contributed by atoms with Gasteiger partial charge in [0.05, 0.1) is 17.9 Å². The highest BCUT2D eigenvalue weighted by molar-refractivity contribution is 6.30. The van der Waals surface area contributed by atoms with E-state index in [0.717, 1.165) is 49.6 Å². The van der Waals surface area contributed by atoms with Crippen LogP contribution in [0.5, 0.6) is 0 Å². The minimum Gasteiger partial charge on any atom is -0.366 e. The standard InChI is InChI=1S/C29H32ClN9O/c1-37-6-8-38(9-7-37)25-10-19(18-2-3-18)15-39-16-21(35-28(25)39)14-32-26-13-27(34-17-33-26)36-29(40)23-12-22(23)24-11-20(30)4-5-31-24/h4-5,10-11,13,15-18,22-23H,2-3,6-9,12,14H2,1H3,(H2,32,33,34,36,40)/t22-,23-/m0/s1. The maximum atomic E-state index is 12.8. The van der Waals surface area contributed by atoms with Gasteiger partial charge in [0.1, 0.15) is 18.0 Å². The van der Waals surface area contributed by atoms with Crippen LogP contribution in [0, 0.1) is 5.92 Å². The topological polar surface area (TPSA) is 104 Å². The number of fused-ring (bicyclic) bond motifs is 1. The second-order valence-corrected chi connectivity index (χ2v) is 11.6. The molecule has 10 nitrogen and oxygen atoms in total. The monoisotopic (exact) mass is 557 g/mol. The number of carbonyl (C=O) groups excluding carboxylic acids is 1. The number of aromatic nitrogens is 5. The van der Waals surface area contributed by atoms with Crippen LogP contribution in [0.4, 0.5) is 17.3 Å². The molecular formula is C29H32ClN9O. The molecule has 3 aliphatic rings. The number of rotatable bonds is 8. The highest BCUT2D eigenvalue weighted by Gasteiger charge is 2.45. The molecule has 0 bridgehead atoms. The number of likely N-dealkylation sites (N-methyl/N-ethyl adjacent to an activating group) is 1. The first-order valence-electron chi connectivity index (χ1n) is 13.9. The molecule has 0 unspecified atom stereocenters. The third kappa shape index (κ3) is 5.33. The Labute approximate surface area is 237 Å². The fourth-order valence-corrected chi connectivity index (χ4v) is 5.68. The Bertz CT molecular complexity index is 1560. The minimum atomic E-state index is -0.134. The molecule has 40 heavy (non-hydrogen) atoms. The number of amides is 1. The number of nitrogens with one attached hydrogen (secondary N) is 2. The van der Waals surface area contributed by atoms with Gasteiger partial charge in [0.15, 0.2) is 5.65 Å². The summed E-state index contributed by atoms with van der Waals surface area (Å²) in [6.07, 6.45) is 10.8. The lowest BCUT2D eigenvalue weighted by molar-refractivity contribution is -0.117. The van der Waals surface area contributed by atoms with Crippen molar-refractivity contribution < 1.29 is 4.79 Å². The van der Waals surface area contributed by atoms with Gasteiger partial charge in [-0.3, -0.25) is 9.78 Å². The largest absolute Gasteiger partial charge is 0.366 e. The van der Waals surface area contributed by atoms with Crippen LogP contribution in [0.2, 0.25) is 5.02 Å². The highest BCUT2D eigenvalue weighted by Crippen LogP contribution is 2.47. The van der Waals surface area contributed by atoms with E-state index in [1.54, 1.807) is 18.3 Å². The zero-order valence-corrected chi connectivity index (χ0v) is 23.2. The Morgan fingerprint density at radius 2 is 1.88 bits per heavy atom. The number of pyridine rings is 2. The molecule has 2 aliphatic carbocycles. The lowest BCUT2D eigenvalue weighted by atomic mass is 10.1. The summed E-state index contributed by atoms with van der Waals surface area (Å²) in [6, 6.07) is 7.67. The number of nitrogens with zero attached hydrogens (tertiary/aromatic N) is 7. The first-order valence-corrected chi connectivity index (χ1v) is 14.3. The van der Waals surface area contributed by atoms with Crippen molar-refractivity contribution in [2.45, 2.75) is 37.6 Å². The van der Waals surface area contributed by atoms with Gasteiger partial charge in [-0.15, -0.1) is 0 Å². The van der Waals surface area contributed by atoms with E-state index in [4.69, 9.17) is 16.6 Å². The third-order valence-corrected chi connectivity index (χ3v) is 8.35. The molecule has 1 amide bonds. The quantitative estimate of drug-likeness (QED) is 0.333. The maximum absolute atomic E-state index is 12.8. The van der Waals surface area contributed by atoms with Crippen LogP contribution in [0.25, 0.3) is 5.65 Å². The molecule has 7 rings (SSSR count). The molecule has 206 valence electrons. The summed E-state index contributed by atoms with van der Waals surface area (Å²) < 4.78 is 2.19. The lowest BCUT2D eigenvalue weighted by Crippen LogP contribution is -2.44. The summed E-state index contributed by atoms with van der Waals surface area (Å²) in [7, 11) is 2.18. The van der Waals surface area contributed by atoms with E-state index in [-0.39, 0.29) is 17.7 Å². The number of hydrogen-bond acceptors (Lipinski definition) is 8. The summed E-state index contributed by atoms with van der Waals surface area (Å²) >= 11 is 6.08. The molecule has 0 spiro atoms. The maximum Gasteiger partial charge on any atom is 0.229 e. The van der Waals surface area contributed by atoms with E-state index in [1.807, 2.05) is 6.07 Å². The van der Waals surface area contributed by atoms with E-state index in [0.29, 0.717) is 29.1 Å². The molecule has 0 aromatic carbocycles. The summed E-state index contributed by atoms with van der Waals surface area (Å²) in [4.78, 5) is 35.6. The van der Waals surface area contributed by atoms with Crippen LogP contribution >= 0.6 is 11.6 Å². The molecule has 1 aliphatic heterocycles.